The lowest BCUT2D eigenvalue weighted by atomic mass is 9.53. The van der Waals surface area contributed by atoms with Crippen LogP contribution >= 0.6 is 0 Å². The van der Waals surface area contributed by atoms with Crippen molar-refractivity contribution in [2.45, 2.75) is 50.6 Å². The quantitative estimate of drug-likeness (QED) is 0.714. The molecule has 4 heteroatoms. The molecular formula is C25H31NO3. The smallest absolute Gasteiger partial charge is 0.126 e. The van der Waals surface area contributed by atoms with E-state index in [0.717, 1.165) is 45.9 Å². The Bertz CT molecular complexity index is 872. The van der Waals surface area contributed by atoms with Crippen molar-refractivity contribution >= 4 is 0 Å². The maximum absolute atomic E-state index is 10.5. The molecule has 4 saturated carbocycles. The minimum atomic E-state index is 0.283. The van der Waals surface area contributed by atoms with E-state index >= 15 is 0 Å². The van der Waals surface area contributed by atoms with Gasteiger partial charge in [0.2, 0.25) is 0 Å². The van der Waals surface area contributed by atoms with Gasteiger partial charge in [-0.1, -0.05) is 6.07 Å². The van der Waals surface area contributed by atoms with Crippen LogP contribution < -0.4 is 14.8 Å². The molecule has 0 heterocycles. The Morgan fingerprint density at radius 3 is 2.24 bits per heavy atom. The standard InChI is InChI=1S/C25H31NO3/c1-28-21-4-6-24(29-2)22(11-21)19-3-5-23(27)20(10-19)15-26-25-12-16-7-17(13-25)9-18(8-16)14-25/h3-6,10-11,16-18,26-27H,7-9,12-15H2,1-2H3. The van der Waals surface area contributed by atoms with Gasteiger partial charge in [-0.15, -0.1) is 0 Å². The van der Waals surface area contributed by atoms with Gasteiger partial charge in [-0.3, -0.25) is 0 Å². The molecule has 2 aromatic rings. The molecule has 154 valence electrons. The lowest BCUT2D eigenvalue weighted by Crippen LogP contribution is -2.58. The first-order chi connectivity index (χ1) is 14.1. The molecule has 2 aromatic carbocycles. The van der Waals surface area contributed by atoms with Crippen molar-refractivity contribution in [3.05, 3.63) is 42.0 Å². The fourth-order valence-electron chi connectivity index (χ4n) is 6.54. The molecule has 4 nitrogen and oxygen atoms in total. The Balaban J connectivity index is 1.40. The lowest BCUT2D eigenvalue weighted by molar-refractivity contribution is -0.0206. The zero-order valence-electron chi connectivity index (χ0n) is 17.4. The van der Waals surface area contributed by atoms with E-state index in [9.17, 15) is 5.11 Å². The van der Waals surface area contributed by atoms with Crippen molar-refractivity contribution in [3.8, 4) is 28.4 Å². The third-order valence-corrected chi connectivity index (χ3v) is 7.49. The van der Waals surface area contributed by atoms with Crippen LogP contribution in [0.15, 0.2) is 36.4 Å². The van der Waals surface area contributed by atoms with Crippen LogP contribution in [0.2, 0.25) is 0 Å². The highest BCUT2D eigenvalue weighted by Gasteiger charge is 2.50. The molecule has 29 heavy (non-hydrogen) atoms. The number of hydrogen-bond donors (Lipinski definition) is 2. The van der Waals surface area contributed by atoms with Crippen LogP contribution in [0.1, 0.15) is 44.1 Å². The monoisotopic (exact) mass is 393 g/mol. The van der Waals surface area contributed by atoms with Crippen LogP contribution in [-0.4, -0.2) is 24.9 Å². The SMILES string of the molecule is COc1ccc(OC)c(-c2ccc(O)c(CNC34CC5CC(CC(C5)C3)C4)c2)c1. The molecule has 0 aromatic heterocycles. The molecule has 4 aliphatic carbocycles. The second kappa shape index (κ2) is 7.24. The molecule has 4 aliphatic rings. The summed E-state index contributed by atoms with van der Waals surface area (Å²) in [6, 6.07) is 11.6. The number of benzene rings is 2. The summed E-state index contributed by atoms with van der Waals surface area (Å²) in [4.78, 5) is 0. The van der Waals surface area contributed by atoms with Crippen molar-refractivity contribution in [3.63, 3.8) is 0 Å². The van der Waals surface area contributed by atoms with E-state index in [-0.39, 0.29) is 5.54 Å². The highest BCUT2D eigenvalue weighted by molar-refractivity contribution is 5.73. The average Bonchev–Trinajstić information content (AvgIpc) is 2.72. The first-order valence-electron chi connectivity index (χ1n) is 10.9. The summed E-state index contributed by atoms with van der Waals surface area (Å²) < 4.78 is 11.0. The molecule has 4 bridgehead atoms. The van der Waals surface area contributed by atoms with Crippen LogP contribution in [0, 0.1) is 17.8 Å². The fraction of sp³-hybridized carbons (Fsp3) is 0.520. The van der Waals surface area contributed by atoms with Gasteiger partial charge in [-0.2, -0.15) is 0 Å². The molecule has 6 rings (SSSR count). The second-order valence-electron chi connectivity index (χ2n) is 9.46. The van der Waals surface area contributed by atoms with Gasteiger partial charge >= 0.3 is 0 Å². The first kappa shape index (κ1) is 18.8. The Kier molecular flexibility index (Phi) is 4.70. The van der Waals surface area contributed by atoms with Gasteiger partial charge in [0.25, 0.3) is 0 Å². The van der Waals surface area contributed by atoms with E-state index in [0.29, 0.717) is 12.3 Å². The van der Waals surface area contributed by atoms with Crippen LogP contribution in [-0.2, 0) is 6.54 Å². The summed E-state index contributed by atoms with van der Waals surface area (Å²) in [5.74, 6) is 4.69. The Morgan fingerprint density at radius 1 is 0.931 bits per heavy atom. The molecule has 0 radical (unpaired) electrons. The number of nitrogens with one attached hydrogen (secondary N) is 1. The summed E-state index contributed by atoms with van der Waals surface area (Å²) in [6.45, 7) is 0.706. The number of methoxy groups -OCH3 is 2. The zero-order valence-corrected chi connectivity index (χ0v) is 17.4. The fourth-order valence-corrected chi connectivity index (χ4v) is 6.54. The minimum Gasteiger partial charge on any atom is -0.508 e. The second-order valence-corrected chi connectivity index (χ2v) is 9.46. The van der Waals surface area contributed by atoms with Crippen molar-refractivity contribution in [1.29, 1.82) is 0 Å². The van der Waals surface area contributed by atoms with Crippen molar-refractivity contribution in [2.24, 2.45) is 17.8 Å². The molecule has 4 fully saturated rings. The van der Waals surface area contributed by atoms with Crippen LogP contribution in [0.25, 0.3) is 11.1 Å². The molecule has 0 amide bonds. The highest BCUT2D eigenvalue weighted by atomic mass is 16.5. The van der Waals surface area contributed by atoms with E-state index in [1.54, 1.807) is 20.3 Å². The maximum Gasteiger partial charge on any atom is 0.126 e. The number of ether oxygens (including phenoxy) is 2. The van der Waals surface area contributed by atoms with Gasteiger partial charge in [-0.25, -0.2) is 0 Å². The largest absolute Gasteiger partial charge is 0.508 e. The van der Waals surface area contributed by atoms with Crippen LogP contribution in [0.5, 0.6) is 17.2 Å². The van der Waals surface area contributed by atoms with E-state index in [2.05, 4.69) is 11.4 Å². The Labute approximate surface area is 173 Å². The van der Waals surface area contributed by atoms with Gasteiger partial charge in [0, 0.05) is 23.2 Å². The van der Waals surface area contributed by atoms with E-state index in [1.807, 2.05) is 24.3 Å². The molecule has 0 atom stereocenters. The summed E-state index contributed by atoms with van der Waals surface area (Å²) in [5, 5.41) is 14.4. The molecule has 2 N–H and O–H groups in total. The number of hydrogen-bond acceptors (Lipinski definition) is 4. The summed E-state index contributed by atoms with van der Waals surface area (Å²) >= 11 is 0. The van der Waals surface area contributed by atoms with Crippen LogP contribution in [0.4, 0.5) is 0 Å². The third kappa shape index (κ3) is 3.48. The minimum absolute atomic E-state index is 0.283. The van der Waals surface area contributed by atoms with Crippen molar-refractivity contribution < 1.29 is 14.6 Å². The third-order valence-electron chi connectivity index (χ3n) is 7.49. The molecular weight excluding hydrogens is 362 g/mol. The normalized spacial score (nSPS) is 29.8. The summed E-state index contributed by atoms with van der Waals surface area (Å²) in [7, 11) is 3.35. The molecule has 0 aliphatic heterocycles. The highest BCUT2D eigenvalue weighted by Crippen LogP contribution is 2.55. The summed E-state index contributed by atoms with van der Waals surface area (Å²) in [5.41, 5.74) is 3.23. The number of phenolic OH excluding ortho intramolecular Hbond substituents is 1. The molecule has 0 saturated heterocycles. The predicted molar refractivity (Wildman–Crippen MR) is 114 cm³/mol. The molecule has 0 spiro atoms. The van der Waals surface area contributed by atoms with Gasteiger partial charge in [0.05, 0.1) is 14.2 Å². The first-order valence-corrected chi connectivity index (χ1v) is 10.9. The molecule has 0 unspecified atom stereocenters. The van der Waals surface area contributed by atoms with Crippen LogP contribution in [0.3, 0.4) is 0 Å². The van der Waals surface area contributed by atoms with E-state index < -0.39 is 0 Å². The van der Waals surface area contributed by atoms with Crippen molar-refractivity contribution in [2.75, 3.05) is 14.2 Å². The number of aromatic hydroxyl groups is 1. The van der Waals surface area contributed by atoms with E-state index in [4.69, 9.17) is 9.47 Å². The zero-order chi connectivity index (χ0) is 20.0. The number of rotatable bonds is 6. The average molecular weight is 394 g/mol. The van der Waals surface area contributed by atoms with Gasteiger partial charge in [0.15, 0.2) is 0 Å². The van der Waals surface area contributed by atoms with Gasteiger partial charge in [-0.05, 0) is 92.2 Å². The Hall–Kier alpha value is -2.20. The summed E-state index contributed by atoms with van der Waals surface area (Å²) in [6.07, 6.45) is 8.25. The van der Waals surface area contributed by atoms with E-state index in [1.165, 1.54) is 38.5 Å². The van der Waals surface area contributed by atoms with Gasteiger partial charge < -0.3 is 19.9 Å². The van der Waals surface area contributed by atoms with Crippen molar-refractivity contribution in [1.82, 2.24) is 5.32 Å². The number of phenols is 1. The predicted octanol–water partition coefficient (Wildman–Crippen LogP) is 5.13. The topological polar surface area (TPSA) is 50.7 Å². The van der Waals surface area contributed by atoms with Gasteiger partial charge in [0.1, 0.15) is 17.2 Å². The Morgan fingerprint density at radius 2 is 1.62 bits per heavy atom. The lowest BCUT2D eigenvalue weighted by Gasteiger charge is -2.57. The maximum atomic E-state index is 10.5.